The van der Waals surface area contributed by atoms with Gasteiger partial charge in [-0.1, -0.05) is 0 Å². The van der Waals surface area contributed by atoms with E-state index in [1.165, 1.54) is 12.4 Å². The van der Waals surface area contributed by atoms with Crippen molar-refractivity contribution in [3.63, 3.8) is 0 Å². The van der Waals surface area contributed by atoms with E-state index < -0.39 is 23.9 Å². The lowest BCUT2D eigenvalue weighted by atomic mass is 9.90. The van der Waals surface area contributed by atoms with Gasteiger partial charge in [-0.2, -0.15) is 0 Å². The van der Waals surface area contributed by atoms with Crippen LogP contribution in [0.2, 0.25) is 0 Å². The van der Waals surface area contributed by atoms with Crippen LogP contribution in [0.15, 0.2) is 24.5 Å². The second-order valence-electron chi connectivity index (χ2n) is 3.35. The Labute approximate surface area is 91.7 Å². The van der Waals surface area contributed by atoms with Gasteiger partial charge < -0.3 is 15.9 Å². The van der Waals surface area contributed by atoms with Crippen LogP contribution in [-0.2, 0) is 9.59 Å². The quantitative estimate of drug-likeness (QED) is 0.651. The lowest BCUT2D eigenvalue weighted by molar-refractivity contribution is -0.140. The average molecular weight is 224 g/mol. The summed E-state index contributed by atoms with van der Waals surface area (Å²) in [6, 6.07) is 1.89. The van der Waals surface area contributed by atoms with Crippen LogP contribution in [0, 0.1) is 0 Å². The maximum absolute atomic E-state index is 10.8. The molecule has 0 aliphatic rings. The molecule has 86 valence electrons. The van der Waals surface area contributed by atoms with Crippen LogP contribution < -0.4 is 5.73 Å². The fourth-order valence-corrected chi connectivity index (χ4v) is 1.42. The van der Waals surface area contributed by atoms with Crippen molar-refractivity contribution in [3.8, 4) is 0 Å². The van der Waals surface area contributed by atoms with Gasteiger partial charge in [-0.15, -0.1) is 0 Å². The highest BCUT2D eigenvalue weighted by atomic mass is 16.4. The molecule has 0 aliphatic heterocycles. The zero-order chi connectivity index (χ0) is 12.1. The zero-order valence-electron chi connectivity index (χ0n) is 8.41. The Morgan fingerprint density at radius 2 is 1.88 bits per heavy atom. The first-order valence-corrected chi connectivity index (χ1v) is 4.62. The molecule has 0 aromatic carbocycles. The molecule has 1 aromatic heterocycles. The summed E-state index contributed by atoms with van der Waals surface area (Å²) in [5, 5.41) is 17.5. The molecule has 6 nitrogen and oxygen atoms in total. The Morgan fingerprint density at radius 3 is 2.31 bits per heavy atom. The van der Waals surface area contributed by atoms with Crippen molar-refractivity contribution in [2.24, 2.45) is 5.73 Å². The first-order chi connectivity index (χ1) is 7.52. The van der Waals surface area contributed by atoms with E-state index in [9.17, 15) is 9.59 Å². The van der Waals surface area contributed by atoms with E-state index in [0.717, 1.165) is 0 Å². The number of hydrogen-bond donors (Lipinski definition) is 3. The number of nitrogens with two attached hydrogens (primary N) is 1. The number of hydrogen-bond acceptors (Lipinski definition) is 4. The molecule has 16 heavy (non-hydrogen) atoms. The Morgan fingerprint density at radius 1 is 1.31 bits per heavy atom. The SMILES string of the molecule is NC(C(=O)O)C(CC(=O)O)c1ccncc1. The fraction of sp³-hybridized carbons (Fsp3) is 0.300. The second kappa shape index (κ2) is 5.22. The Kier molecular flexibility index (Phi) is 3.96. The smallest absolute Gasteiger partial charge is 0.321 e. The van der Waals surface area contributed by atoms with Gasteiger partial charge in [0.25, 0.3) is 0 Å². The summed E-state index contributed by atoms with van der Waals surface area (Å²) in [6.07, 6.45) is 2.62. The van der Waals surface area contributed by atoms with E-state index in [1.54, 1.807) is 12.1 Å². The molecule has 2 unspecified atom stereocenters. The van der Waals surface area contributed by atoms with Gasteiger partial charge in [0.1, 0.15) is 6.04 Å². The molecule has 0 saturated carbocycles. The summed E-state index contributed by atoms with van der Waals surface area (Å²) in [7, 11) is 0. The maximum atomic E-state index is 10.8. The predicted molar refractivity (Wildman–Crippen MR) is 54.8 cm³/mol. The molecule has 2 atom stereocenters. The van der Waals surface area contributed by atoms with E-state index in [4.69, 9.17) is 15.9 Å². The number of carboxylic acids is 2. The third-order valence-electron chi connectivity index (χ3n) is 2.25. The number of carboxylic acid groups (broad SMARTS) is 2. The van der Waals surface area contributed by atoms with E-state index in [-0.39, 0.29) is 6.42 Å². The molecule has 1 rings (SSSR count). The molecule has 6 heteroatoms. The van der Waals surface area contributed by atoms with Gasteiger partial charge in [-0.25, -0.2) is 0 Å². The molecule has 1 heterocycles. The summed E-state index contributed by atoms with van der Waals surface area (Å²) >= 11 is 0. The van der Waals surface area contributed by atoms with Crippen molar-refractivity contribution < 1.29 is 19.8 Å². The summed E-state index contributed by atoms with van der Waals surface area (Å²) in [6.45, 7) is 0. The Balaban J connectivity index is 2.96. The fourth-order valence-electron chi connectivity index (χ4n) is 1.42. The molecule has 0 spiro atoms. The highest BCUT2D eigenvalue weighted by Crippen LogP contribution is 2.22. The van der Waals surface area contributed by atoms with Gasteiger partial charge in [0.2, 0.25) is 0 Å². The number of pyridine rings is 1. The van der Waals surface area contributed by atoms with Gasteiger partial charge in [0, 0.05) is 18.3 Å². The van der Waals surface area contributed by atoms with Crippen LogP contribution in [0.3, 0.4) is 0 Å². The standard InChI is InChI=1S/C10H12N2O4/c11-9(10(15)16)7(5-8(13)14)6-1-3-12-4-2-6/h1-4,7,9H,5,11H2,(H,13,14)(H,15,16). The molecule has 1 aromatic rings. The molecular formula is C10H12N2O4. The predicted octanol–water partition coefficient (Wildman–Crippen LogP) is 0.0518. The number of rotatable bonds is 5. The Hall–Kier alpha value is -1.95. The zero-order valence-corrected chi connectivity index (χ0v) is 8.41. The molecule has 0 fully saturated rings. The van der Waals surface area contributed by atoms with E-state index in [2.05, 4.69) is 4.98 Å². The van der Waals surface area contributed by atoms with Crippen LogP contribution in [0.1, 0.15) is 17.9 Å². The van der Waals surface area contributed by atoms with Crippen molar-refractivity contribution in [2.45, 2.75) is 18.4 Å². The van der Waals surface area contributed by atoms with Crippen molar-refractivity contribution in [2.75, 3.05) is 0 Å². The van der Waals surface area contributed by atoms with Crippen molar-refractivity contribution in [3.05, 3.63) is 30.1 Å². The van der Waals surface area contributed by atoms with Gasteiger partial charge in [-0.3, -0.25) is 14.6 Å². The number of aliphatic carboxylic acids is 2. The molecule has 0 bridgehead atoms. The first kappa shape index (κ1) is 12.1. The van der Waals surface area contributed by atoms with Crippen molar-refractivity contribution in [1.82, 2.24) is 4.98 Å². The van der Waals surface area contributed by atoms with Gasteiger partial charge in [0.05, 0.1) is 6.42 Å². The van der Waals surface area contributed by atoms with Crippen LogP contribution in [-0.4, -0.2) is 33.2 Å². The van der Waals surface area contributed by atoms with Gasteiger partial charge in [-0.05, 0) is 17.7 Å². The highest BCUT2D eigenvalue weighted by molar-refractivity contribution is 5.77. The van der Waals surface area contributed by atoms with Crippen molar-refractivity contribution in [1.29, 1.82) is 0 Å². The van der Waals surface area contributed by atoms with Crippen LogP contribution in [0.4, 0.5) is 0 Å². The monoisotopic (exact) mass is 224 g/mol. The summed E-state index contributed by atoms with van der Waals surface area (Å²) in [5.41, 5.74) is 6.02. The molecule has 0 saturated heterocycles. The molecule has 0 aliphatic carbocycles. The number of carbonyl (C=O) groups is 2. The minimum absolute atomic E-state index is 0.322. The third kappa shape index (κ3) is 3.03. The maximum Gasteiger partial charge on any atom is 0.321 e. The largest absolute Gasteiger partial charge is 0.481 e. The minimum Gasteiger partial charge on any atom is -0.481 e. The van der Waals surface area contributed by atoms with Crippen LogP contribution >= 0.6 is 0 Å². The number of nitrogens with zero attached hydrogens (tertiary/aromatic N) is 1. The molecule has 0 radical (unpaired) electrons. The van der Waals surface area contributed by atoms with Crippen LogP contribution in [0.5, 0.6) is 0 Å². The molecule has 4 N–H and O–H groups in total. The lowest BCUT2D eigenvalue weighted by Crippen LogP contribution is -2.37. The summed E-state index contributed by atoms with van der Waals surface area (Å²) < 4.78 is 0. The summed E-state index contributed by atoms with van der Waals surface area (Å²) in [5.74, 6) is -3.06. The second-order valence-corrected chi connectivity index (χ2v) is 3.35. The normalized spacial score (nSPS) is 14.1. The van der Waals surface area contributed by atoms with Gasteiger partial charge in [0.15, 0.2) is 0 Å². The lowest BCUT2D eigenvalue weighted by Gasteiger charge is -2.18. The first-order valence-electron chi connectivity index (χ1n) is 4.62. The van der Waals surface area contributed by atoms with E-state index in [1.807, 2.05) is 0 Å². The molecular weight excluding hydrogens is 212 g/mol. The van der Waals surface area contributed by atoms with Crippen LogP contribution in [0.25, 0.3) is 0 Å². The van der Waals surface area contributed by atoms with E-state index in [0.29, 0.717) is 5.56 Å². The average Bonchev–Trinajstić information content (AvgIpc) is 2.26. The topological polar surface area (TPSA) is 114 Å². The number of aromatic nitrogens is 1. The third-order valence-corrected chi connectivity index (χ3v) is 2.25. The Bertz CT molecular complexity index is 380. The van der Waals surface area contributed by atoms with E-state index >= 15 is 0 Å². The van der Waals surface area contributed by atoms with Crippen molar-refractivity contribution >= 4 is 11.9 Å². The molecule has 0 amide bonds. The van der Waals surface area contributed by atoms with Gasteiger partial charge >= 0.3 is 11.9 Å². The highest BCUT2D eigenvalue weighted by Gasteiger charge is 2.27. The summed E-state index contributed by atoms with van der Waals surface area (Å²) in [4.78, 5) is 25.2. The minimum atomic E-state index is -1.24.